The van der Waals surface area contributed by atoms with Crippen molar-refractivity contribution in [1.29, 1.82) is 0 Å². The van der Waals surface area contributed by atoms with Gasteiger partial charge in [0.15, 0.2) is 0 Å². The summed E-state index contributed by atoms with van der Waals surface area (Å²) in [5.41, 5.74) is 1.73. The molecule has 1 atom stereocenters. The SMILES string of the molecule is CCOC(=O)CCC(=O)Nc1sc2c(c1C(=O)OCC)CC[C@H](C(C)(C)CC)C2. The number of hydrogen-bond donors (Lipinski definition) is 1. The molecule has 0 bridgehead atoms. The average molecular weight is 424 g/mol. The molecule has 0 radical (unpaired) electrons. The molecule has 0 unspecified atom stereocenters. The fourth-order valence-electron chi connectivity index (χ4n) is 3.69. The maximum atomic E-state index is 12.6. The standard InChI is InChI=1S/C22H33NO5S/c1-6-22(4,5)14-9-10-15-16(13-14)29-20(19(15)21(26)28-8-3)23-17(24)11-12-18(25)27-7-2/h14H,6-13H2,1-5H3,(H,23,24)/t14-/m0/s1. The van der Waals surface area contributed by atoms with Crippen molar-refractivity contribution in [2.24, 2.45) is 11.3 Å². The highest BCUT2D eigenvalue weighted by molar-refractivity contribution is 7.17. The van der Waals surface area contributed by atoms with Crippen LogP contribution in [0.5, 0.6) is 0 Å². The van der Waals surface area contributed by atoms with E-state index in [1.54, 1.807) is 13.8 Å². The van der Waals surface area contributed by atoms with Gasteiger partial charge >= 0.3 is 11.9 Å². The number of carbonyl (C=O) groups excluding carboxylic acids is 3. The third kappa shape index (κ3) is 5.81. The lowest BCUT2D eigenvalue weighted by molar-refractivity contribution is -0.144. The molecule has 6 nitrogen and oxygen atoms in total. The summed E-state index contributed by atoms with van der Waals surface area (Å²) in [5, 5.41) is 3.38. The van der Waals surface area contributed by atoms with E-state index in [9.17, 15) is 14.4 Å². The Morgan fingerprint density at radius 1 is 1.10 bits per heavy atom. The molecule has 1 aromatic rings. The molecule has 1 heterocycles. The molecule has 29 heavy (non-hydrogen) atoms. The van der Waals surface area contributed by atoms with E-state index in [-0.39, 0.29) is 36.7 Å². The normalized spacial score (nSPS) is 16.1. The molecule has 0 aromatic carbocycles. The van der Waals surface area contributed by atoms with E-state index >= 15 is 0 Å². The number of nitrogens with one attached hydrogen (secondary N) is 1. The summed E-state index contributed by atoms with van der Waals surface area (Å²) in [6.45, 7) is 10.9. The van der Waals surface area contributed by atoms with Crippen molar-refractivity contribution < 1.29 is 23.9 Å². The van der Waals surface area contributed by atoms with Gasteiger partial charge in [-0.15, -0.1) is 11.3 Å². The first-order chi connectivity index (χ1) is 13.7. The Kier molecular flexibility index (Phi) is 8.25. The molecule has 1 amide bonds. The zero-order valence-corrected chi connectivity index (χ0v) is 19.0. The predicted molar refractivity (Wildman–Crippen MR) is 114 cm³/mol. The molecule has 0 aliphatic heterocycles. The van der Waals surface area contributed by atoms with Crippen LogP contribution in [0.2, 0.25) is 0 Å². The van der Waals surface area contributed by atoms with Gasteiger partial charge in [0.05, 0.1) is 25.2 Å². The van der Waals surface area contributed by atoms with Crippen LogP contribution < -0.4 is 5.32 Å². The van der Waals surface area contributed by atoms with Crippen molar-refractivity contribution in [3.8, 4) is 0 Å². The number of fused-ring (bicyclic) bond motifs is 1. The maximum Gasteiger partial charge on any atom is 0.341 e. The Bertz CT molecular complexity index is 753. The Morgan fingerprint density at radius 3 is 2.41 bits per heavy atom. The van der Waals surface area contributed by atoms with Crippen molar-refractivity contribution >= 4 is 34.2 Å². The highest BCUT2D eigenvalue weighted by atomic mass is 32.1. The van der Waals surface area contributed by atoms with Crippen molar-refractivity contribution in [1.82, 2.24) is 0 Å². The first-order valence-corrected chi connectivity index (χ1v) is 11.3. The van der Waals surface area contributed by atoms with E-state index < -0.39 is 5.97 Å². The molecule has 0 saturated heterocycles. The molecule has 1 aliphatic rings. The number of carbonyl (C=O) groups is 3. The van der Waals surface area contributed by atoms with Gasteiger partial charge in [-0.3, -0.25) is 9.59 Å². The van der Waals surface area contributed by atoms with Crippen LogP contribution in [0.3, 0.4) is 0 Å². The number of rotatable bonds is 9. The average Bonchev–Trinajstić information content (AvgIpc) is 3.03. The van der Waals surface area contributed by atoms with Gasteiger partial charge in [-0.1, -0.05) is 27.2 Å². The minimum atomic E-state index is -0.400. The summed E-state index contributed by atoms with van der Waals surface area (Å²) < 4.78 is 10.1. The lowest BCUT2D eigenvalue weighted by Gasteiger charge is -2.36. The van der Waals surface area contributed by atoms with Gasteiger partial charge in [0.1, 0.15) is 5.00 Å². The van der Waals surface area contributed by atoms with Gasteiger partial charge in [-0.2, -0.15) is 0 Å². The van der Waals surface area contributed by atoms with Crippen LogP contribution in [-0.2, 0) is 31.9 Å². The molecular weight excluding hydrogens is 390 g/mol. The summed E-state index contributed by atoms with van der Waals surface area (Å²) in [5.74, 6) is -0.545. The van der Waals surface area contributed by atoms with Crippen LogP contribution in [0.1, 0.15) is 81.1 Å². The third-order valence-electron chi connectivity index (χ3n) is 5.88. The lowest BCUT2D eigenvalue weighted by Crippen LogP contribution is -2.28. The molecule has 2 rings (SSSR count). The number of ether oxygens (including phenoxy) is 2. The zero-order valence-electron chi connectivity index (χ0n) is 18.2. The summed E-state index contributed by atoms with van der Waals surface area (Å²) in [6.07, 6.45) is 3.88. The largest absolute Gasteiger partial charge is 0.466 e. The second-order valence-electron chi connectivity index (χ2n) is 8.06. The van der Waals surface area contributed by atoms with E-state index in [1.165, 1.54) is 11.3 Å². The van der Waals surface area contributed by atoms with E-state index in [2.05, 4.69) is 26.1 Å². The monoisotopic (exact) mass is 423 g/mol. The first kappa shape index (κ1) is 23.4. The van der Waals surface area contributed by atoms with E-state index in [4.69, 9.17) is 9.47 Å². The molecule has 0 fully saturated rings. The van der Waals surface area contributed by atoms with E-state index in [0.29, 0.717) is 23.1 Å². The van der Waals surface area contributed by atoms with Crippen molar-refractivity contribution in [2.75, 3.05) is 18.5 Å². The van der Waals surface area contributed by atoms with Gasteiger partial charge in [-0.25, -0.2) is 4.79 Å². The van der Waals surface area contributed by atoms with Gasteiger partial charge in [0.2, 0.25) is 5.91 Å². The first-order valence-electron chi connectivity index (χ1n) is 10.5. The van der Waals surface area contributed by atoms with Crippen molar-refractivity contribution in [2.45, 2.75) is 73.1 Å². The molecule has 162 valence electrons. The van der Waals surface area contributed by atoms with E-state index in [0.717, 1.165) is 36.1 Å². The quantitative estimate of drug-likeness (QED) is 0.580. The molecule has 1 N–H and O–H groups in total. The zero-order chi connectivity index (χ0) is 21.6. The van der Waals surface area contributed by atoms with Crippen LogP contribution in [-0.4, -0.2) is 31.1 Å². The lowest BCUT2D eigenvalue weighted by atomic mass is 9.69. The molecule has 1 aliphatic carbocycles. The van der Waals surface area contributed by atoms with Crippen molar-refractivity contribution in [3.63, 3.8) is 0 Å². The molecule has 0 spiro atoms. The molecular formula is C22H33NO5S. The Balaban J connectivity index is 2.22. The summed E-state index contributed by atoms with van der Waals surface area (Å²) >= 11 is 1.47. The number of anilines is 1. The fourth-order valence-corrected chi connectivity index (χ4v) is 5.02. The number of thiophene rings is 1. The third-order valence-corrected chi connectivity index (χ3v) is 7.05. The maximum absolute atomic E-state index is 12.6. The predicted octanol–water partition coefficient (Wildman–Crippen LogP) is 4.75. The van der Waals surface area contributed by atoms with E-state index in [1.807, 2.05) is 0 Å². The molecule has 1 aromatic heterocycles. The number of hydrogen-bond acceptors (Lipinski definition) is 6. The van der Waals surface area contributed by atoms with Gasteiger partial charge in [-0.05, 0) is 50.0 Å². The second-order valence-corrected chi connectivity index (χ2v) is 9.17. The Labute approximate surface area is 177 Å². The minimum absolute atomic E-state index is 0.0201. The number of amides is 1. The summed E-state index contributed by atoms with van der Waals surface area (Å²) in [6, 6.07) is 0. The second kappa shape index (κ2) is 10.2. The smallest absolute Gasteiger partial charge is 0.341 e. The highest BCUT2D eigenvalue weighted by Gasteiger charge is 2.35. The van der Waals surface area contributed by atoms with Crippen molar-refractivity contribution in [3.05, 3.63) is 16.0 Å². The van der Waals surface area contributed by atoms with Gasteiger partial charge in [0, 0.05) is 11.3 Å². The van der Waals surface area contributed by atoms with Gasteiger partial charge < -0.3 is 14.8 Å². The topological polar surface area (TPSA) is 81.7 Å². The van der Waals surface area contributed by atoms with Crippen LogP contribution in [0.25, 0.3) is 0 Å². The minimum Gasteiger partial charge on any atom is -0.466 e. The summed E-state index contributed by atoms with van der Waals surface area (Å²) in [7, 11) is 0. The van der Waals surface area contributed by atoms with Crippen LogP contribution in [0.15, 0.2) is 0 Å². The number of esters is 2. The summed E-state index contributed by atoms with van der Waals surface area (Å²) in [4.78, 5) is 37.7. The van der Waals surface area contributed by atoms with Crippen LogP contribution in [0, 0.1) is 11.3 Å². The molecule has 7 heteroatoms. The van der Waals surface area contributed by atoms with Crippen LogP contribution in [0.4, 0.5) is 5.00 Å². The van der Waals surface area contributed by atoms with Crippen LogP contribution >= 0.6 is 11.3 Å². The fraction of sp³-hybridized carbons (Fsp3) is 0.682. The Hall–Kier alpha value is -1.89. The highest BCUT2D eigenvalue weighted by Crippen LogP contribution is 2.45. The molecule has 0 saturated carbocycles. The Morgan fingerprint density at radius 2 is 1.79 bits per heavy atom. The van der Waals surface area contributed by atoms with Gasteiger partial charge in [0.25, 0.3) is 0 Å².